The summed E-state index contributed by atoms with van der Waals surface area (Å²) < 4.78 is 0. The van der Waals surface area contributed by atoms with E-state index in [9.17, 15) is 0 Å². The zero-order chi connectivity index (χ0) is 7.44. The molecule has 0 aliphatic rings. The summed E-state index contributed by atoms with van der Waals surface area (Å²) in [7, 11) is 0. The van der Waals surface area contributed by atoms with E-state index in [2.05, 4.69) is 27.7 Å². The van der Waals surface area contributed by atoms with Crippen LogP contribution in [0.1, 0.15) is 34.1 Å². The summed E-state index contributed by atoms with van der Waals surface area (Å²) in [5, 5.41) is 0. The van der Waals surface area contributed by atoms with Gasteiger partial charge in [-0.3, -0.25) is 0 Å². The van der Waals surface area contributed by atoms with Gasteiger partial charge in [-0.25, -0.2) is 0 Å². The van der Waals surface area contributed by atoms with Crippen LogP contribution in [-0.2, 0) is 0 Å². The maximum absolute atomic E-state index is 5.87. The van der Waals surface area contributed by atoms with Crippen molar-refractivity contribution in [3.63, 3.8) is 0 Å². The van der Waals surface area contributed by atoms with Gasteiger partial charge in [0.1, 0.15) is 0 Å². The Balaban J connectivity index is 3.58. The Kier molecular flexibility index (Phi) is 3.87. The summed E-state index contributed by atoms with van der Waals surface area (Å²) >= 11 is 0. The van der Waals surface area contributed by atoms with Crippen molar-refractivity contribution in [2.24, 2.45) is 17.6 Å². The first-order valence-corrected chi connectivity index (χ1v) is 3.85. The van der Waals surface area contributed by atoms with Gasteiger partial charge in [0.15, 0.2) is 0 Å². The summed E-state index contributed by atoms with van der Waals surface area (Å²) in [5.74, 6) is 1.30. The van der Waals surface area contributed by atoms with Crippen molar-refractivity contribution in [3.8, 4) is 0 Å². The number of rotatable bonds is 3. The number of hydrogen-bond donors (Lipinski definition) is 1. The van der Waals surface area contributed by atoms with Gasteiger partial charge in [0.25, 0.3) is 0 Å². The fourth-order valence-electron chi connectivity index (χ4n) is 0.929. The largest absolute Gasteiger partial charge is 0.327 e. The van der Waals surface area contributed by atoms with Gasteiger partial charge in [0, 0.05) is 6.04 Å². The molecule has 0 saturated heterocycles. The Morgan fingerprint density at radius 1 is 1.22 bits per heavy atom. The molecule has 2 atom stereocenters. The van der Waals surface area contributed by atoms with E-state index < -0.39 is 0 Å². The Labute approximate surface area is 58.6 Å². The van der Waals surface area contributed by atoms with Crippen molar-refractivity contribution in [3.05, 3.63) is 0 Å². The Bertz CT molecular complexity index is 69.0. The third-order valence-electron chi connectivity index (χ3n) is 2.07. The van der Waals surface area contributed by atoms with E-state index >= 15 is 0 Å². The van der Waals surface area contributed by atoms with Gasteiger partial charge in [0.2, 0.25) is 0 Å². The highest BCUT2D eigenvalue weighted by Crippen LogP contribution is 2.12. The smallest absolute Gasteiger partial charge is 0.00876 e. The van der Waals surface area contributed by atoms with E-state index in [1.807, 2.05) is 0 Å². The van der Waals surface area contributed by atoms with E-state index in [4.69, 9.17) is 5.73 Å². The second-order valence-corrected chi connectivity index (χ2v) is 3.21. The first-order chi connectivity index (χ1) is 4.09. The molecular formula is C8H19N. The highest BCUT2D eigenvalue weighted by atomic mass is 14.7. The van der Waals surface area contributed by atoms with Crippen LogP contribution in [0.2, 0.25) is 0 Å². The molecule has 0 spiro atoms. The zero-order valence-electron chi connectivity index (χ0n) is 7.02. The van der Waals surface area contributed by atoms with Gasteiger partial charge in [0.05, 0.1) is 0 Å². The fourth-order valence-corrected chi connectivity index (χ4v) is 0.929. The van der Waals surface area contributed by atoms with Crippen LogP contribution >= 0.6 is 0 Å². The van der Waals surface area contributed by atoms with Crippen molar-refractivity contribution in [1.82, 2.24) is 0 Å². The van der Waals surface area contributed by atoms with Crippen molar-refractivity contribution in [1.29, 1.82) is 0 Å². The molecule has 0 saturated carbocycles. The summed E-state index contributed by atoms with van der Waals surface area (Å²) in [5.41, 5.74) is 5.87. The lowest BCUT2D eigenvalue weighted by molar-refractivity contribution is 0.356. The van der Waals surface area contributed by atoms with E-state index in [0.717, 1.165) is 0 Å². The van der Waals surface area contributed by atoms with Crippen molar-refractivity contribution >= 4 is 0 Å². The molecule has 0 aromatic heterocycles. The molecule has 2 N–H and O–H groups in total. The van der Waals surface area contributed by atoms with E-state index in [-0.39, 0.29) is 0 Å². The highest BCUT2D eigenvalue weighted by molar-refractivity contribution is 4.70. The lowest BCUT2D eigenvalue weighted by atomic mass is 9.91. The predicted molar refractivity (Wildman–Crippen MR) is 42.3 cm³/mol. The lowest BCUT2D eigenvalue weighted by Crippen LogP contribution is -2.32. The minimum Gasteiger partial charge on any atom is -0.327 e. The first kappa shape index (κ1) is 8.96. The normalized spacial score (nSPS) is 18.0. The standard InChI is InChI=1S/C8H19N/c1-5-7(4)8(9)6(2)3/h6-8H,5,9H2,1-4H3/t7-,8+/m0/s1. The molecular weight excluding hydrogens is 110 g/mol. The van der Waals surface area contributed by atoms with Gasteiger partial charge in [-0.1, -0.05) is 34.1 Å². The fraction of sp³-hybridized carbons (Fsp3) is 1.00. The average molecular weight is 129 g/mol. The minimum atomic E-state index is 0.384. The van der Waals surface area contributed by atoms with E-state index in [1.165, 1.54) is 6.42 Å². The molecule has 0 rings (SSSR count). The van der Waals surface area contributed by atoms with Crippen molar-refractivity contribution in [2.45, 2.75) is 40.2 Å². The van der Waals surface area contributed by atoms with Crippen LogP contribution in [0.5, 0.6) is 0 Å². The molecule has 56 valence electrons. The monoisotopic (exact) mass is 129 g/mol. The Hall–Kier alpha value is -0.0400. The third kappa shape index (κ3) is 2.85. The van der Waals surface area contributed by atoms with Crippen LogP contribution < -0.4 is 5.73 Å². The molecule has 0 aliphatic heterocycles. The molecule has 0 radical (unpaired) electrons. The predicted octanol–water partition coefficient (Wildman–Crippen LogP) is 2.02. The average Bonchev–Trinajstić information content (AvgIpc) is 1.84. The minimum absolute atomic E-state index is 0.384. The molecule has 0 bridgehead atoms. The van der Waals surface area contributed by atoms with Crippen LogP contribution in [0.15, 0.2) is 0 Å². The van der Waals surface area contributed by atoms with Gasteiger partial charge in [-0.2, -0.15) is 0 Å². The van der Waals surface area contributed by atoms with E-state index in [1.54, 1.807) is 0 Å². The maximum Gasteiger partial charge on any atom is 0.00876 e. The summed E-state index contributed by atoms with van der Waals surface area (Å²) in [4.78, 5) is 0. The second kappa shape index (κ2) is 3.89. The third-order valence-corrected chi connectivity index (χ3v) is 2.07. The highest BCUT2D eigenvalue weighted by Gasteiger charge is 2.13. The number of nitrogens with two attached hydrogens (primary N) is 1. The Morgan fingerprint density at radius 2 is 1.67 bits per heavy atom. The molecule has 0 fully saturated rings. The molecule has 0 amide bonds. The SMILES string of the molecule is CC[C@H](C)[C@H](N)C(C)C. The summed E-state index contributed by atoms with van der Waals surface area (Å²) in [6.45, 7) is 8.76. The van der Waals surface area contributed by atoms with Crippen molar-refractivity contribution < 1.29 is 0 Å². The van der Waals surface area contributed by atoms with Gasteiger partial charge in [-0.15, -0.1) is 0 Å². The topological polar surface area (TPSA) is 26.0 Å². The molecule has 0 aliphatic carbocycles. The van der Waals surface area contributed by atoms with Crippen LogP contribution in [0.4, 0.5) is 0 Å². The Morgan fingerprint density at radius 3 is 1.78 bits per heavy atom. The van der Waals surface area contributed by atoms with Crippen LogP contribution in [0.25, 0.3) is 0 Å². The molecule has 0 aromatic carbocycles. The van der Waals surface area contributed by atoms with Gasteiger partial charge in [-0.05, 0) is 11.8 Å². The van der Waals surface area contributed by atoms with Gasteiger partial charge < -0.3 is 5.73 Å². The quantitative estimate of drug-likeness (QED) is 0.620. The van der Waals surface area contributed by atoms with Crippen LogP contribution in [0, 0.1) is 11.8 Å². The van der Waals surface area contributed by atoms with E-state index in [0.29, 0.717) is 17.9 Å². The molecule has 0 unspecified atom stereocenters. The van der Waals surface area contributed by atoms with Gasteiger partial charge >= 0.3 is 0 Å². The zero-order valence-corrected chi connectivity index (χ0v) is 7.02. The molecule has 1 nitrogen and oxygen atoms in total. The van der Waals surface area contributed by atoms with Crippen molar-refractivity contribution in [2.75, 3.05) is 0 Å². The second-order valence-electron chi connectivity index (χ2n) is 3.21. The molecule has 0 aromatic rings. The first-order valence-electron chi connectivity index (χ1n) is 3.85. The molecule has 9 heavy (non-hydrogen) atoms. The molecule has 0 heterocycles. The van der Waals surface area contributed by atoms with Crippen LogP contribution in [0.3, 0.4) is 0 Å². The summed E-state index contributed by atoms with van der Waals surface area (Å²) in [6, 6.07) is 0.384. The maximum atomic E-state index is 5.87. The lowest BCUT2D eigenvalue weighted by Gasteiger charge is -2.21. The molecule has 1 heteroatoms. The van der Waals surface area contributed by atoms with Crippen LogP contribution in [-0.4, -0.2) is 6.04 Å². The number of hydrogen-bond acceptors (Lipinski definition) is 1. The summed E-state index contributed by atoms with van der Waals surface area (Å²) in [6.07, 6.45) is 1.19.